The molecule has 0 bridgehead atoms. The molecule has 0 aliphatic carbocycles. The van der Waals surface area contributed by atoms with Crippen LogP contribution in [0.3, 0.4) is 0 Å². The lowest BCUT2D eigenvalue weighted by molar-refractivity contribution is 0.0697. The Kier molecular flexibility index (Phi) is 3.09. The molecular formula is C17H14N4O3. The van der Waals surface area contributed by atoms with E-state index in [-0.39, 0.29) is 11.1 Å². The zero-order valence-corrected chi connectivity index (χ0v) is 12.9. The Morgan fingerprint density at radius 1 is 1.38 bits per heavy atom. The molecule has 0 fully saturated rings. The standard InChI is InChI=1S/C17H14N4O3/c1-20-9-10(8-18-20)6-11-4-5-21-15(11)19-14-7-12(17(23)24)2-3-13(14)16(21)22/h2-3,6-9H,4-5H2,1H3,(H,23,24). The fraction of sp³-hybridized carbons (Fsp3) is 0.176. The number of carboxylic acid groups (broad SMARTS) is 1. The van der Waals surface area contributed by atoms with Gasteiger partial charge in [-0.05, 0) is 36.3 Å². The highest BCUT2D eigenvalue weighted by atomic mass is 16.4. The summed E-state index contributed by atoms with van der Waals surface area (Å²) in [4.78, 5) is 28.3. The van der Waals surface area contributed by atoms with Crippen LogP contribution < -0.4 is 5.56 Å². The second-order valence-corrected chi connectivity index (χ2v) is 5.80. The highest BCUT2D eigenvalue weighted by molar-refractivity contribution is 5.93. The van der Waals surface area contributed by atoms with Gasteiger partial charge in [0.15, 0.2) is 0 Å². The number of aromatic nitrogens is 4. The van der Waals surface area contributed by atoms with Crippen molar-refractivity contribution < 1.29 is 9.90 Å². The van der Waals surface area contributed by atoms with Crippen LogP contribution in [0.2, 0.25) is 0 Å². The van der Waals surface area contributed by atoms with Gasteiger partial charge in [0, 0.05) is 25.4 Å². The number of carbonyl (C=O) groups is 1. The van der Waals surface area contributed by atoms with Crippen molar-refractivity contribution >= 4 is 28.5 Å². The van der Waals surface area contributed by atoms with Crippen LogP contribution in [0, 0.1) is 0 Å². The van der Waals surface area contributed by atoms with Crippen LogP contribution in [0.1, 0.15) is 28.2 Å². The van der Waals surface area contributed by atoms with Gasteiger partial charge in [0.25, 0.3) is 5.56 Å². The predicted molar refractivity (Wildman–Crippen MR) is 88.7 cm³/mol. The van der Waals surface area contributed by atoms with E-state index in [0.29, 0.717) is 29.7 Å². The molecule has 0 spiro atoms. The fourth-order valence-corrected chi connectivity index (χ4v) is 3.00. The molecule has 2 aromatic heterocycles. The quantitative estimate of drug-likeness (QED) is 0.776. The predicted octanol–water partition coefficient (Wildman–Crippen LogP) is 1.77. The van der Waals surface area contributed by atoms with Crippen LogP contribution in [-0.4, -0.2) is 30.4 Å². The van der Waals surface area contributed by atoms with E-state index in [1.54, 1.807) is 15.4 Å². The Morgan fingerprint density at radius 3 is 2.92 bits per heavy atom. The molecule has 7 heteroatoms. The third-order valence-electron chi connectivity index (χ3n) is 4.16. The number of rotatable bonds is 2. The van der Waals surface area contributed by atoms with Crippen LogP contribution in [0.15, 0.2) is 35.4 Å². The van der Waals surface area contributed by atoms with Crippen LogP contribution >= 0.6 is 0 Å². The third kappa shape index (κ3) is 2.21. The molecule has 7 nitrogen and oxygen atoms in total. The minimum atomic E-state index is -1.04. The average molecular weight is 322 g/mol. The lowest BCUT2D eigenvalue weighted by Gasteiger charge is -2.06. The van der Waals surface area contributed by atoms with Gasteiger partial charge in [0.05, 0.1) is 22.7 Å². The summed E-state index contributed by atoms with van der Waals surface area (Å²) >= 11 is 0. The Hall–Kier alpha value is -3.22. The number of aromatic carboxylic acids is 1. The SMILES string of the molecule is Cn1cc(C=C2CCn3c2nc2cc(C(=O)O)ccc2c3=O)cn1. The van der Waals surface area contributed by atoms with Crippen LogP contribution in [0.4, 0.5) is 0 Å². The van der Waals surface area contributed by atoms with Gasteiger partial charge < -0.3 is 5.11 Å². The molecule has 24 heavy (non-hydrogen) atoms. The molecule has 4 rings (SSSR count). The minimum Gasteiger partial charge on any atom is -0.478 e. The first-order valence-corrected chi connectivity index (χ1v) is 7.50. The van der Waals surface area contributed by atoms with Gasteiger partial charge in [-0.2, -0.15) is 5.10 Å². The van der Waals surface area contributed by atoms with Gasteiger partial charge in [-0.15, -0.1) is 0 Å². The summed E-state index contributed by atoms with van der Waals surface area (Å²) < 4.78 is 3.35. The van der Waals surface area contributed by atoms with Gasteiger partial charge in [0.1, 0.15) is 5.82 Å². The van der Waals surface area contributed by atoms with E-state index in [1.807, 2.05) is 19.3 Å². The van der Waals surface area contributed by atoms with Crippen molar-refractivity contribution in [2.75, 3.05) is 0 Å². The Morgan fingerprint density at radius 2 is 2.21 bits per heavy atom. The molecule has 3 aromatic rings. The van der Waals surface area contributed by atoms with Crippen molar-refractivity contribution in [1.29, 1.82) is 0 Å². The molecule has 1 aromatic carbocycles. The lowest BCUT2D eigenvalue weighted by Crippen LogP contribution is -2.20. The summed E-state index contributed by atoms with van der Waals surface area (Å²) in [5.41, 5.74) is 2.28. The maximum Gasteiger partial charge on any atom is 0.335 e. The van der Waals surface area contributed by atoms with E-state index in [2.05, 4.69) is 10.1 Å². The first-order chi connectivity index (χ1) is 11.5. The van der Waals surface area contributed by atoms with E-state index in [1.165, 1.54) is 18.2 Å². The molecule has 0 atom stereocenters. The molecule has 0 radical (unpaired) electrons. The first-order valence-electron chi connectivity index (χ1n) is 7.50. The van der Waals surface area contributed by atoms with Crippen molar-refractivity contribution in [1.82, 2.24) is 19.3 Å². The van der Waals surface area contributed by atoms with E-state index in [4.69, 9.17) is 5.11 Å². The second-order valence-electron chi connectivity index (χ2n) is 5.80. The van der Waals surface area contributed by atoms with Crippen LogP contribution in [-0.2, 0) is 13.6 Å². The smallest absolute Gasteiger partial charge is 0.335 e. The number of hydrogen-bond donors (Lipinski definition) is 1. The molecule has 1 aliphatic rings. The van der Waals surface area contributed by atoms with Crippen LogP contribution in [0.5, 0.6) is 0 Å². The van der Waals surface area contributed by atoms with E-state index in [0.717, 1.165) is 11.1 Å². The molecule has 120 valence electrons. The molecule has 1 aliphatic heterocycles. The summed E-state index contributed by atoms with van der Waals surface area (Å²) in [5, 5.41) is 13.7. The van der Waals surface area contributed by atoms with Crippen molar-refractivity contribution in [2.24, 2.45) is 7.05 Å². The summed E-state index contributed by atoms with van der Waals surface area (Å²) in [7, 11) is 1.84. The van der Waals surface area contributed by atoms with Gasteiger partial charge in [-0.1, -0.05) is 0 Å². The largest absolute Gasteiger partial charge is 0.478 e. The van der Waals surface area contributed by atoms with Gasteiger partial charge in [-0.25, -0.2) is 9.78 Å². The monoisotopic (exact) mass is 322 g/mol. The topological polar surface area (TPSA) is 90.0 Å². The number of carboxylic acids is 1. The van der Waals surface area contributed by atoms with E-state index in [9.17, 15) is 9.59 Å². The molecule has 0 saturated heterocycles. The number of benzene rings is 1. The Balaban J connectivity index is 1.91. The molecule has 0 amide bonds. The normalized spacial score (nSPS) is 15.1. The second kappa shape index (κ2) is 5.16. The molecule has 0 saturated carbocycles. The zero-order valence-electron chi connectivity index (χ0n) is 12.9. The van der Waals surface area contributed by atoms with Crippen molar-refractivity contribution in [2.45, 2.75) is 13.0 Å². The van der Waals surface area contributed by atoms with E-state index < -0.39 is 5.97 Å². The van der Waals surface area contributed by atoms with Crippen LogP contribution in [0.25, 0.3) is 22.6 Å². The molecule has 3 heterocycles. The maximum absolute atomic E-state index is 12.6. The maximum atomic E-state index is 12.6. The first kappa shape index (κ1) is 14.4. The van der Waals surface area contributed by atoms with Gasteiger partial charge in [0.2, 0.25) is 0 Å². The third-order valence-corrected chi connectivity index (χ3v) is 4.16. The number of fused-ring (bicyclic) bond motifs is 2. The van der Waals surface area contributed by atoms with Crippen molar-refractivity contribution in [3.63, 3.8) is 0 Å². The highest BCUT2D eigenvalue weighted by Gasteiger charge is 2.21. The number of hydrogen-bond acceptors (Lipinski definition) is 4. The molecular weight excluding hydrogens is 308 g/mol. The summed E-state index contributed by atoms with van der Waals surface area (Å²) in [6.07, 6.45) is 6.30. The van der Waals surface area contributed by atoms with E-state index >= 15 is 0 Å². The zero-order chi connectivity index (χ0) is 16.8. The van der Waals surface area contributed by atoms with Crippen molar-refractivity contribution in [3.8, 4) is 0 Å². The summed E-state index contributed by atoms with van der Waals surface area (Å²) in [6.45, 7) is 0.573. The number of allylic oxidation sites excluding steroid dienone is 1. The Labute approximate surface area is 136 Å². The average Bonchev–Trinajstić information content (AvgIpc) is 3.14. The minimum absolute atomic E-state index is 0.120. The molecule has 1 N–H and O–H groups in total. The summed E-state index contributed by atoms with van der Waals surface area (Å²) in [5.74, 6) is -0.440. The fourth-order valence-electron chi connectivity index (χ4n) is 3.00. The molecule has 0 unspecified atom stereocenters. The highest BCUT2D eigenvalue weighted by Crippen LogP contribution is 2.27. The Bertz CT molecular complexity index is 1080. The number of nitrogens with zero attached hydrogens (tertiary/aromatic N) is 4. The van der Waals surface area contributed by atoms with Gasteiger partial charge in [-0.3, -0.25) is 14.0 Å². The summed E-state index contributed by atoms with van der Waals surface area (Å²) in [6, 6.07) is 4.41. The lowest BCUT2D eigenvalue weighted by atomic mass is 10.1. The number of aryl methyl sites for hydroxylation is 1. The van der Waals surface area contributed by atoms with Gasteiger partial charge >= 0.3 is 5.97 Å². The van der Waals surface area contributed by atoms with Crippen molar-refractivity contribution in [3.05, 3.63) is 57.9 Å².